The molecule has 0 radical (unpaired) electrons. The predicted octanol–water partition coefficient (Wildman–Crippen LogP) is 5.96. The standard InChI is InChI=1S/C27H31NO3S/c1-31-25(29)23-21-8-7-20(19-5-3-2-4-6-19)12-22(21)32-24(23)28-26(30)27-13-16-9-17(14-27)11-18(10-16)15-27/h2-6,16-18,20H,7-15H2,1H3,(H,28,30)/t16?,17?,18?,20-,27?/m1/s1. The molecule has 1 aromatic carbocycles. The zero-order chi connectivity index (χ0) is 21.9. The summed E-state index contributed by atoms with van der Waals surface area (Å²) in [6.45, 7) is 0. The van der Waals surface area contributed by atoms with Gasteiger partial charge in [-0.25, -0.2) is 4.79 Å². The predicted molar refractivity (Wildman–Crippen MR) is 126 cm³/mol. The van der Waals surface area contributed by atoms with Crippen molar-refractivity contribution in [2.45, 2.75) is 63.7 Å². The van der Waals surface area contributed by atoms with Crippen LogP contribution in [0.1, 0.15) is 77.2 Å². The first-order chi connectivity index (χ1) is 15.5. The first kappa shape index (κ1) is 20.5. The monoisotopic (exact) mass is 449 g/mol. The summed E-state index contributed by atoms with van der Waals surface area (Å²) in [6, 6.07) is 10.6. The van der Waals surface area contributed by atoms with Crippen LogP contribution in [0.3, 0.4) is 0 Å². The van der Waals surface area contributed by atoms with Crippen molar-refractivity contribution in [3.63, 3.8) is 0 Å². The van der Waals surface area contributed by atoms with E-state index < -0.39 is 0 Å². The lowest BCUT2D eigenvalue weighted by atomic mass is 9.49. The van der Waals surface area contributed by atoms with E-state index in [0.717, 1.165) is 66.8 Å². The van der Waals surface area contributed by atoms with Crippen LogP contribution in [0.25, 0.3) is 0 Å². The van der Waals surface area contributed by atoms with E-state index in [0.29, 0.717) is 11.5 Å². The Morgan fingerprint density at radius 1 is 1.03 bits per heavy atom. The lowest BCUT2D eigenvalue weighted by Crippen LogP contribution is -2.51. The molecule has 2 aromatic rings. The van der Waals surface area contributed by atoms with E-state index in [4.69, 9.17) is 4.74 Å². The van der Waals surface area contributed by atoms with Crippen LogP contribution in [0.5, 0.6) is 0 Å². The van der Waals surface area contributed by atoms with Crippen molar-refractivity contribution in [3.8, 4) is 0 Å². The maximum Gasteiger partial charge on any atom is 0.341 e. The fourth-order valence-corrected chi connectivity index (χ4v) is 8.94. The van der Waals surface area contributed by atoms with Gasteiger partial charge < -0.3 is 10.1 Å². The summed E-state index contributed by atoms with van der Waals surface area (Å²) in [6.07, 6.45) is 9.80. The summed E-state index contributed by atoms with van der Waals surface area (Å²) in [7, 11) is 1.44. The molecule has 1 heterocycles. The van der Waals surface area contributed by atoms with Gasteiger partial charge in [0.15, 0.2) is 0 Å². The van der Waals surface area contributed by atoms with Crippen LogP contribution in [0, 0.1) is 23.2 Å². The van der Waals surface area contributed by atoms with Crippen LogP contribution in [-0.4, -0.2) is 19.0 Å². The third kappa shape index (κ3) is 3.32. The van der Waals surface area contributed by atoms with Crippen molar-refractivity contribution in [1.82, 2.24) is 0 Å². The van der Waals surface area contributed by atoms with Crippen molar-refractivity contribution in [2.24, 2.45) is 23.2 Å². The molecular formula is C27H31NO3S. The van der Waals surface area contributed by atoms with Gasteiger partial charge in [0, 0.05) is 4.88 Å². The Balaban J connectivity index is 1.29. The highest BCUT2D eigenvalue weighted by atomic mass is 32.1. The van der Waals surface area contributed by atoms with Gasteiger partial charge in [-0.05, 0) is 92.6 Å². The summed E-state index contributed by atoms with van der Waals surface area (Å²) in [5.74, 6) is 2.45. The van der Waals surface area contributed by atoms with Gasteiger partial charge in [0.25, 0.3) is 0 Å². The third-order valence-corrected chi connectivity index (χ3v) is 9.84. The van der Waals surface area contributed by atoms with Gasteiger partial charge in [-0.15, -0.1) is 11.3 Å². The zero-order valence-corrected chi connectivity index (χ0v) is 19.5. The molecule has 0 aliphatic heterocycles. The van der Waals surface area contributed by atoms with Gasteiger partial charge in [0.05, 0.1) is 18.1 Å². The molecule has 32 heavy (non-hydrogen) atoms. The Hall–Kier alpha value is -2.14. The Morgan fingerprint density at radius 2 is 1.69 bits per heavy atom. The molecule has 1 amide bonds. The number of carbonyl (C=O) groups is 2. The minimum atomic E-state index is -0.318. The zero-order valence-electron chi connectivity index (χ0n) is 18.7. The lowest BCUT2D eigenvalue weighted by Gasteiger charge is -2.55. The number of amides is 1. The van der Waals surface area contributed by atoms with Crippen LogP contribution in [0.4, 0.5) is 5.00 Å². The molecule has 5 aliphatic rings. The maximum atomic E-state index is 13.7. The van der Waals surface area contributed by atoms with Gasteiger partial charge >= 0.3 is 5.97 Å². The minimum Gasteiger partial charge on any atom is -0.465 e. The number of thiophene rings is 1. The maximum absolute atomic E-state index is 13.7. The second kappa shape index (κ2) is 7.72. The molecule has 1 aromatic heterocycles. The molecule has 5 aliphatic carbocycles. The smallest absolute Gasteiger partial charge is 0.341 e. The molecule has 4 bridgehead atoms. The summed E-state index contributed by atoms with van der Waals surface area (Å²) in [5.41, 5.74) is 2.83. The SMILES string of the molecule is COC(=O)c1c(NC(=O)C23CC4CC(CC(C4)C2)C3)sc2c1CC[C@@H](c1ccccc1)C2. The molecule has 7 rings (SSSR count). The largest absolute Gasteiger partial charge is 0.465 e. The van der Waals surface area contributed by atoms with Crippen LogP contribution in [0.15, 0.2) is 30.3 Å². The van der Waals surface area contributed by atoms with Crippen molar-refractivity contribution in [3.05, 3.63) is 51.9 Å². The molecule has 168 valence electrons. The van der Waals surface area contributed by atoms with Gasteiger partial charge in [-0.1, -0.05) is 30.3 Å². The van der Waals surface area contributed by atoms with E-state index in [1.165, 1.54) is 36.8 Å². The molecule has 0 saturated heterocycles. The third-order valence-electron chi connectivity index (χ3n) is 8.67. The van der Waals surface area contributed by atoms with Gasteiger partial charge in [0.1, 0.15) is 5.00 Å². The van der Waals surface area contributed by atoms with Crippen LogP contribution in [-0.2, 0) is 22.4 Å². The molecule has 4 nitrogen and oxygen atoms in total. The normalized spacial score (nSPS) is 32.4. The lowest BCUT2D eigenvalue weighted by molar-refractivity contribution is -0.140. The minimum absolute atomic E-state index is 0.153. The van der Waals surface area contributed by atoms with E-state index in [1.54, 1.807) is 11.3 Å². The highest BCUT2D eigenvalue weighted by Gasteiger charge is 2.54. The molecule has 1 atom stereocenters. The quantitative estimate of drug-likeness (QED) is 0.586. The van der Waals surface area contributed by atoms with Crippen molar-refractivity contribution < 1.29 is 14.3 Å². The van der Waals surface area contributed by atoms with Crippen LogP contribution >= 0.6 is 11.3 Å². The molecule has 1 N–H and O–H groups in total. The van der Waals surface area contributed by atoms with Crippen molar-refractivity contribution in [2.75, 3.05) is 12.4 Å². The number of rotatable bonds is 4. The first-order valence-electron chi connectivity index (χ1n) is 12.1. The van der Waals surface area contributed by atoms with Gasteiger partial charge in [-0.2, -0.15) is 0 Å². The van der Waals surface area contributed by atoms with E-state index in [1.807, 2.05) is 0 Å². The Labute approximate surface area is 193 Å². The molecule has 0 unspecified atom stereocenters. The van der Waals surface area contributed by atoms with Gasteiger partial charge in [0.2, 0.25) is 5.91 Å². The van der Waals surface area contributed by atoms with Crippen LogP contribution < -0.4 is 5.32 Å². The number of hydrogen-bond donors (Lipinski definition) is 1. The Bertz CT molecular complexity index is 1020. The van der Waals surface area contributed by atoms with E-state index in [9.17, 15) is 9.59 Å². The second-order valence-electron chi connectivity index (χ2n) is 10.7. The fraction of sp³-hybridized carbons (Fsp3) is 0.556. The molecule has 4 saturated carbocycles. The number of anilines is 1. The number of hydrogen-bond acceptors (Lipinski definition) is 4. The Kier molecular flexibility index (Phi) is 4.94. The topological polar surface area (TPSA) is 55.4 Å². The molecule has 0 spiro atoms. The number of carbonyl (C=O) groups excluding carboxylic acids is 2. The van der Waals surface area contributed by atoms with E-state index in [-0.39, 0.29) is 17.3 Å². The summed E-state index contributed by atoms with van der Waals surface area (Å²) in [5, 5.41) is 3.99. The van der Waals surface area contributed by atoms with E-state index >= 15 is 0 Å². The first-order valence-corrected chi connectivity index (χ1v) is 13.0. The number of fused-ring (bicyclic) bond motifs is 1. The average Bonchev–Trinajstić information content (AvgIpc) is 3.15. The molecule has 4 fully saturated rings. The van der Waals surface area contributed by atoms with Crippen molar-refractivity contribution >= 4 is 28.2 Å². The van der Waals surface area contributed by atoms with E-state index in [2.05, 4.69) is 35.6 Å². The Morgan fingerprint density at radius 3 is 2.31 bits per heavy atom. The van der Waals surface area contributed by atoms with Gasteiger partial charge in [-0.3, -0.25) is 4.79 Å². The van der Waals surface area contributed by atoms with Crippen LogP contribution in [0.2, 0.25) is 0 Å². The number of esters is 1. The number of ether oxygens (including phenoxy) is 1. The summed E-state index contributed by atoms with van der Waals surface area (Å²) >= 11 is 1.60. The molecule has 5 heteroatoms. The summed E-state index contributed by atoms with van der Waals surface area (Å²) in [4.78, 5) is 27.7. The average molecular weight is 450 g/mol. The molecular weight excluding hydrogens is 418 g/mol. The second-order valence-corrected chi connectivity index (χ2v) is 11.8. The highest BCUT2D eigenvalue weighted by molar-refractivity contribution is 7.17. The van der Waals surface area contributed by atoms with Crippen molar-refractivity contribution in [1.29, 1.82) is 0 Å². The number of benzene rings is 1. The number of nitrogens with one attached hydrogen (secondary N) is 1. The fourth-order valence-electron chi connectivity index (χ4n) is 7.63. The highest BCUT2D eigenvalue weighted by Crippen LogP contribution is 2.60. The number of methoxy groups -OCH3 is 1. The summed E-state index contributed by atoms with van der Waals surface area (Å²) < 4.78 is 5.16.